The molecule has 1 heterocycles. The Hall–Kier alpha value is -3.54. The molecule has 3 rings (SSSR count). The maximum Gasteiger partial charge on any atom is 0.273 e. The van der Waals surface area contributed by atoms with Crippen LogP contribution in [-0.4, -0.2) is 11.8 Å². The molecule has 6 heteroatoms. The number of benzene rings is 2. The Labute approximate surface area is 150 Å². The molecule has 0 radical (unpaired) electrons. The molecule has 0 spiro atoms. The van der Waals surface area contributed by atoms with Crippen LogP contribution in [0.1, 0.15) is 32.0 Å². The Balaban J connectivity index is 1.57. The summed E-state index contributed by atoms with van der Waals surface area (Å²) in [6.45, 7) is 2.08. The van der Waals surface area contributed by atoms with E-state index in [4.69, 9.17) is 9.15 Å². The van der Waals surface area contributed by atoms with E-state index in [-0.39, 0.29) is 0 Å². The lowest BCUT2D eigenvalue weighted by Gasteiger charge is -2.09. The van der Waals surface area contributed by atoms with Gasteiger partial charge in [0.1, 0.15) is 18.1 Å². The van der Waals surface area contributed by atoms with E-state index in [1.54, 1.807) is 31.2 Å². The fourth-order valence-electron chi connectivity index (χ4n) is 2.34. The Kier molecular flexibility index (Phi) is 5.34. The molecule has 0 atom stereocenters. The van der Waals surface area contributed by atoms with Crippen LogP contribution in [0, 0.1) is 6.92 Å². The van der Waals surface area contributed by atoms with Crippen LogP contribution in [0.3, 0.4) is 0 Å². The van der Waals surface area contributed by atoms with E-state index in [9.17, 15) is 9.59 Å². The van der Waals surface area contributed by atoms with Gasteiger partial charge in [-0.1, -0.05) is 36.4 Å². The van der Waals surface area contributed by atoms with Crippen LogP contribution in [0.2, 0.25) is 0 Å². The van der Waals surface area contributed by atoms with E-state index >= 15 is 0 Å². The highest BCUT2D eigenvalue weighted by Crippen LogP contribution is 2.15. The van der Waals surface area contributed by atoms with Crippen LogP contribution in [0.15, 0.2) is 71.3 Å². The molecule has 132 valence electrons. The fourth-order valence-corrected chi connectivity index (χ4v) is 2.34. The molecule has 0 unspecified atom stereocenters. The van der Waals surface area contributed by atoms with Crippen LogP contribution in [0.5, 0.6) is 5.75 Å². The van der Waals surface area contributed by atoms with Gasteiger partial charge < -0.3 is 9.15 Å². The molecule has 1 aromatic heterocycles. The van der Waals surface area contributed by atoms with Crippen molar-refractivity contribution in [2.75, 3.05) is 0 Å². The van der Waals surface area contributed by atoms with E-state index in [1.807, 2.05) is 30.3 Å². The van der Waals surface area contributed by atoms with Crippen molar-refractivity contribution in [2.45, 2.75) is 13.5 Å². The molecule has 6 nitrogen and oxygen atoms in total. The molecule has 0 aliphatic carbocycles. The minimum atomic E-state index is -0.443. The predicted octanol–water partition coefficient (Wildman–Crippen LogP) is 3.24. The van der Waals surface area contributed by atoms with Gasteiger partial charge in [0.2, 0.25) is 0 Å². The minimum Gasteiger partial charge on any atom is -0.489 e. The predicted molar refractivity (Wildman–Crippen MR) is 95.6 cm³/mol. The third-order valence-corrected chi connectivity index (χ3v) is 3.74. The highest BCUT2D eigenvalue weighted by molar-refractivity contribution is 5.99. The molecule has 0 bridgehead atoms. The van der Waals surface area contributed by atoms with Crippen molar-refractivity contribution >= 4 is 11.8 Å². The number of nitrogens with one attached hydrogen (secondary N) is 2. The van der Waals surface area contributed by atoms with E-state index in [1.165, 1.54) is 12.3 Å². The summed E-state index contributed by atoms with van der Waals surface area (Å²) in [7, 11) is 0. The van der Waals surface area contributed by atoms with Gasteiger partial charge in [-0.05, 0) is 36.8 Å². The normalized spacial score (nSPS) is 10.2. The van der Waals surface area contributed by atoms with Gasteiger partial charge in [-0.2, -0.15) is 0 Å². The quantitative estimate of drug-likeness (QED) is 0.692. The molecular formula is C20H18N2O4. The van der Waals surface area contributed by atoms with E-state index in [0.29, 0.717) is 29.2 Å². The van der Waals surface area contributed by atoms with Crippen LogP contribution in [0.4, 0.5) is 0 Å². The van der Waals surface area contributed by atoms with Gasteiger partial charge in [0, 0.05) is 5.56 Å². The molecule has 0 aliphatic heterocycles. The summed E-state index contributed by atoms with van der Waals surface area (Å²) in [5, 5.41) is 0. The molecule has 2 amide bonds. The smallest absolute Gasteiger partial charge is 0.273 e. The van der Waals surface area contributed by atoms with Crippen LogP contribution in [0.25, 0.3) is 0 Å². The summed E-state index contributed by atoms with van der Waals surface area (Å²) in [6, 6.07) is 18.0. The van der Waals surface area contributed by atoms with Gasteiger partial charge in [0.05, 0.1) is 11.8 Å². The molecule has 0 saturated carbocycles. The Bertz CT molecular complexity index is 903. The molecule has 0 saturated heterocycles. The number of ether oxygens (including phenoxy) is 1. The van der Waals surface area contributed by atoms with Gasteiger partial charge in [-0.3, -0.25) is 20.4 Å². The average molecular weight is 350 g/mol. The minimum absolute atomic E-state index is 0.366. The number of hydrogen-bond donors (Lipinski definition) is 2. The van der Waals surface area contributed by atoms with Gasteiger partial charge in [0.15, 0.2) is 0 Å². The lowest BCUT2D eigenvalue weighted by molar-refractivity contribution is 0.0845. The number of carbonyl (C=O) groups excluding carboxylic acids is 2. The number of hydrogen-bond acceptors (Lipinski definition) is 4. The third kappa shape index (κ3) is 4.30. The molecule has 0 fully saturated rings. The first-order chi connectivity index (χ1) is 12.6. The number of furan rings is 1. The van der Waals surface area contributed by atoms with Crippen molar-refractivity contribution in [3.05, 3.63) is 89.4 Å². The van der Waals surface area contributed by atoms with Gasteiger partial charge >= 0.3 is 0 Å². The molecule has 2 aromatic carbocycles. The standard InChI is InChI=1S/C20H18N2O4/c1-14-18(10-11-25-14)20(24)22-21-19(23)16-8-5-9-17(12-16)26-13-15-6-3-2-4-7-15/h2-12H,13H2,1H3,(H,21,23)(H,22,24). The summed E-state index contributed by atoms with van der Waals surface area (Å²) in [5.74, 6) is 0.164. The largest absolute Gasteiger partial charge is 0.489 e. The number of hydrazine groups is 1. The maximum atomic E-state index is 12.2. The lowest BCUT2D eigenvalue weighted by atomic mass is 10.2. The van der Waals surface area contributed by atoms with Crippen LogP contribution >= 0.6 is 0 Å². The summed E-state index contributed by atoms with van der Waals surface area (Å²) < 4.78 is 10.8. The summed E-state index contributed by atoms with van der Waals surface area (Å²) in [6.07, 6.45) is 1.42. The SMILES string of the molecule is Cc1occc1C(=O)NNC(=O)c1cccc(OCc2ccccc2)c1. The monoisotopic (exact) mass is 350 g/mol. The van der Waals surface area contributed by atoms with E-state index < -0.39 is 11.8 Å². The van der Waals surface area contributed by atoms with Crippen molar-refractivity contribution in [1.29, 1.82) is 0 Å². The zero-order valence-corrected chi connectivity index (χ0v) is 14.2. The Morgan fingerprint density at radius 1 is 0.962 bits per heavy atom. The molecule has 0 aliphatic rings. The number of rotatable bonds is 5. The van der Waals surface area contributed by atoms with E-state index in [0.717, 1.165) is 5.56 Å². The highest BCUT2D eigenvalue weighted by Gasteiger charge is 2.13. The summed E-state index contributed by atoms with van der Waals surface area (Å²) in [4.78, 5) is 24.2. The fraction of sp³-hybridized carbons (Fsp3) is 0.100. The van der Waals surface area contributed by atoms with Crippen LogP contribution < -0.4 is 15.6 Å². The lowest BCUT2D eigenvalue weighted by Crippen LogP contribution is -2.41. The Morgan fingerprint density at radius 2 is 1.73 bits per heavy atom. The van der Waals surface area contributed by atoms with Crippen molar-refractivity contribution in [3.63, 3.8) is 0 Å². The zero-order chi connectivity index (χ0) is 18.4. The van der Waals surface area contributed by atoms with E-state index in [2.05, 4.69) is 10.9 Å². The van der Waals surface area contributed by atoms with Gasteiger partial charge in [-0.25, -0.2) is 0 Å². The number of aryl methyl sites for hydroxylation is 1. The van der Waals surface area contributed by atoms with Gasteiger partial charge in [-0.15, -0.1) is 0 Å². The first-order valence-corrected chi connectivity index (χ1v) is 8.05. The first kappa shape index (κ1) is 17.3. The maximum absolute atomic E-state index is 12.2. The number of carbonyl (C=O) groups is 2. The topological polar surface area (TPSA) is 80.6 Å². The molecule has 26 heavy (non-hydrogen) atoms. The second kappa shape index (κ2) is 8.02. The van der Waals surface area contributed by atoms with Gasteiger partial charge in [0.25, 0.3) is 11.8 Å². The summed E-state index contributed by atoms with van der Waals surface area (Å²) in [5.41, 5.74) is 6.51. The molecular weight excluding hydrogens is 332 g/mol. The molecule has 2 N–H and O–H groups in total. The van der Waals surface area contributed by atoms with Crippen molar-refractivity contribution in [2.24, 2.45) is 0 Å². The molecule has 3 aromatic rings. The zero-order valence-electron chi connectivity index (χ0n) is 14.2. The van der Waals surface area contributed by atoms with Crippen molar-refractivity contribution in [1.82, 2.24) is 10.9 Å². The number of amides is 2. The second-order valence-electron chi connectivity index (χ2n) is 5.60. The van der Waals surface area contributed by atoms with Crippen molar-refractivity contribution in [3.8, 4) is 5.75 Å². The highest BCUT2D eigenvalue weighted by atomic mass is 16.5. The second-order valence-corrected chi connectivity index (χ2v) is 5.60. The van der Waals surface area contributed by atoms with Crippen LogP contribution in [-0.2, 0) is 6.61 Å². The summed E-state index contributed by atoms with van der Waals surface area (Å²) >= 11 is 0. The van der Waals surface area contributed by atoms with Crippen molar-refractivity contribution < 1.29 is 18.7 Å². The average Bonchev–Trinajstić information content (AvgIpc) is 3.11. The third-order valence-electron chi connectivity index (χ3n) is 3.74. The Morgan fingerprint density at radius 3 is 2.46 bits per heavy atom. The first-order valence-electron chi connectivity index (χ1n) is 8.05.